The van der Waals surface area contributed by atoms with E-state index in [1.54, 1.807) is 6.92 Å². The first-order chi connectivity index (χ1) is 2.27. The summed E-state index contributed by atoms with van der Waals surface area (Å²) in [5, 5.41) is 0. The molecule has 0 saturated carbocycles. The van der Waals surface area contributed by atoms with Gasteiger partial charge in [0.05, 0.1) is 0 Å². The molecule has 3 heteroatoms. The molecule has 0 unspecified atom stereocenters. The number of rotatable bonds is 1. The van der Waals surface area contributed by atoms with Gasteiger partial charge >= 0.3 is 0 Å². The molecular formula is C2H8O2S. The molecule has 0 saturated heterocycles. The monoisotopic (exact) mass is 96.0 g/mol. The summed E-state index contributed by atoms with van der Waals surface area (Å²) in [6, 6.07) is 0. The van der Waals surface area contributed by atoms with Gasteiger partial charge in [0, 0.05) is 5.75 Å². The average Bonchev–Trinajstić information content (AvgIpc) is 1.38. The molecule has 2 nitrogen and oxygen atoms in total. The van der Waals surface area contributed by atoms with Crippen LogP contribution in [-0.4, -0.2) is 14.9 Å². The minimum absolute atomic E-state index is 0.481. The topological polar surface area (TPSA) is 40.5 Å². The highest BCUT2D eigenvalue weighted by Gasteiger charge is 1.70. The molecule has 0 aliphatic carbocycles. The molecular weight excluding hydrogens is 88.1 g/mol. The fourth-order valence-electron chi connectivity index (χ4n) is 0. The van der Waals surface area contributed by atoms with Crippen LogP contribution in [0.4, 0.5) is 0 Å². The molecule has 0 heterocycles. The second kappa shape index (κ2) is 2.50. The number of thiol groups is 1. The Morgan fingerprint density at radius 2 is 1.80 bits per heavy atom. The lowest BCUT2D eigenvalue weighted by atomic mass is 11.0. The third-order valence-corrected chi connectivity index (χ3v) is 0.849. The largest absolute Gasteiger partial charge is 0.302 e. The predicted octanol–water partition coefficient (Wildman–Crippen LogP) is 0.954. The quantitative estimate of drug-likeness (QED) is 0.425. The average molecular weight is 96.2 g/mol. The van der Waals surface area contributed by atoms with Crippen molar-refractivity contribution in [2.75, 3.05) is 5.75 Å². The van der Waals surface area contributed by atoms with Crippen molar-refractivity contribution in [3.8, 4) is 0 Å². The maximum atomic E-state index is 7.98. The molecule has 0 bridgehead atoms. The highest BCUT2D eigenvalue weighted by Crippen LogP contribution is 2.07. The third-order valence-electron chi connectivity index (χ3n) is 0.283. The number of hydrogen-bond donors (Lipinski definition) is 3. The molecule has 0 aromatic heterocycles. The molecule has 0 aromatic carbocycles. The highest BCUT2D eigenvalue weighted by molar-refractivity contribution is 8.06. The van der Waals surface area contributed by atoms with Crippen LogP contribution in [0, 0.1) is 0 Å². The molecule has 0 rings (SSSR count). The van der Waals surface area contributed by atoms with Crippen LogP contribution in [0.5, 0.6) is 0 Å². The molecule has 0 atom stereocenters. The van der Waals surface area contributed by atoms with Crippen LogP contribution in [0.1, 0.15) is 6.92 Å². The molecule has 0 aliphatic rings. The summed E-state index contributed by atoms with van der Waals surface area (Å²) in [6.07, 6.45) is 0. The van der Waals surface area contributed by atoms with Crippen LogP contribution in [-0.2, 0) is 0 Å². The first-order valence-electron chi connectivity index (χ1n) is 1.42. The maximum Gasteiger partial charge on any atom is 0.0318 e. The SMILES string of the molecule is CC[SH](O)O. The van der Waals surface area contributed by atoms with Crippen LogP contribution >= 0.6 is 11.5 Å². The summed E-state index contributed by atoms with van der Waals surface area (Å²) in [7, 11) is 0. The Kier molecular flexibility index (Phi) is 2.64. The van der Waals surface area contributed by atoms with E-state index in [-0.39, 0.29) is 0 Å². The molecule has 2 N–H and O–H groups in total. The van der Waals surface area contributed by atoms with Gasteiger partial charge < -0.3 is 9.11 Å². The normalized spacial score (nSPS) is 11.4. The molecule has 5 heavy (non-hydrogen) atoms. The second-order valence-electron chi connectivity index (χ2n) is 0.689. The van der Waals surface area contributed by atoms with Gasteiger partial charge in [-0.1, -0.05) is 0 Å². The molecule has 0 aromatic rings. The van der Waals surface area contributed by atoms with Crippen molar-refractivity contribution in [1.82, 2.24) is 0 Å². The fraction of sp³-hybridized carbons (Fsp3) is 1.00. The lowest BCUT2D eigenvalue weighted by molar-refractivity contribution is 0.517. The van der Waals surface area contributed by atoms with E-state index in [4.69, 9.17) is 9.11 Å². The van der Waals surface area contributed by atoms with Crippen molar-refractivity contribution in [3.63, 3.8) is 0 Å². The van der Waals surface area contributed by atoms with Crippen LogP contribution in [0.25, 0.3) is 0 Å². The van der Waals surface area contributed by atoms with E-state index in [2.05, 4.69) is 0 Å². The molecule has 34 valence electrons. The van der Waals surface area contributed by atoms with E-state index in [0.29, 0.717) is 5.75 Å². The van der Waals surface area contributed by atoms with Crippen molar-refractivity contribution in [1.29, 1.82) is 0 Å². The fourth-order valence-corrected chi connectivity index (χ4v) is 0. The Bertz CT molecular complexity index is 21.6. The summed E-state index contributed by atoms with van der Waals surface area (Å²) in [5.74, 6) is 0.481. The Hall–Kier alpha value is 0.270. The van der Waals surface area contributed by atoms with Gasteiger partial charge in [0.2, 0.25) is 0 Å². The molecule has 0 fully saturated rings. The minimum Gasteiger partial charge on any atom is -0.302 e. The van der Waals surface area contributed by atoms with Gasteiger partial charge in [-0.2, -0.15) is 0 Å². The van der Waals surface area contributed by atoms with Crippen LogP contribution in [0.3, 0.4) is 0 Å². The Balaban J connectivity index is 2.54. The van der Waals surface area contributed by atoms with Gasteiger partial charge in [-0.3, -0.25) is 0 Å². The lowest BCUT2D eigenvalue weighted by Crippen LogP contribution is -1.73. The van der Waals surface area contributed by atoms with Gasteiger partial charge in [-0.05, 0) is 6.92 Å². The molecule has 0 aliphatic heterocycles. The zero-order valence-electron chi connectivity index (χ0n) is 3.05. The van der Waals surface area contributed by atoms with Crippen LogP contribution in [0.15, 0.2) is 0 Å². The Labute approximate surface area is 34.2 Å². The van der Waals surface area contributed by atoms with E-state index in [1.807, 2.05) is 0 Å². The van der Waals surface area contributed by atoms with Gasteiger partial charge in [0.1, 0.15) is 0 Å². The van der Waals surface area contributed by atoms with E-state index in [9.17, 15) is 0 Å². The maximum absolute atomic E-state index is 7.98. The van der Waals surface area contributed by atoms with Crippen molar-refractivity contribution < 1.29 is 9.11 Å². The predicted molar refractivity (Wildman–Crippen MR) is 24.8 cm³/mol. The van der Waals surface area contributed by atoms with Crippen LogP contribution in [0.2, 0.25) is 0 Å². The lowest BCUT2D eigenvalue weighted by Gasteiger charge is -2.02. The standard InChI is InChI=1S/C2H8O2S/c1-2-5(3)4/h3-5H,2H2,1H3. The van der Waals surface area contributed by atoms with Crippen molar-refractivity contribution in [3.05, 3.63) is 0 Å². The van der Waals surface area contributed by atoms with Gasteiger partial charge in [-0.25, -0.2) is 11.5 Å². The zero-order chi connectivity index (χ0) is 4.28. The molecule has 0 amide bonds. The summed E-state index contributed by atoms with van der Waals surface area (Å²) >= 11 is -1.60. The van der Waals surface area contributed by atoms with E-state index in [0.717, 1.165) is 0 Å². The minimum atomic E-state index is -1.60. The summed E-state index contributed by atoms with van der Waals surface area (Å²) in [4.78, 5) is 0. The number of hydrogen-bond acceptors (Lipinski definition) is 2. The molecule has 0 spiro atoms. The summed E-state index contributed by atoms with van der Waals surface area (Å²) < 4.78 is 16.0. The highest BCUT2D eigenvalue weighted by atomic mass is 32.2. The third kappa shape index (κ3) is 4.27. The summed E-state index contributed by atoms with van der Waals surface area (Å²) in [5.41, 5.74) is 0. The van der Waals surface area contributed by atoms with Gasteiger partial charge in [0.25, 0.3) is 0 Å². The van der Waals surface area contributed by atoms with Crippen LogP contribution < -0.4 is 0 Å². The first kappa shape index (κ1) is 5.27. The Morgan fingerprint density at radius 3 is 1.80 bits per heavy atom. The van der Waals surface area contributed by atoms with E-state index < -0.39 is 11.5 Å². The first-order valence-corrected chi connectivity index (χ1v) is 2.86. The smallest absolute Gasteiger partial charge is 0.0318 e. The Morgan fingerprint density at radius 1 is 1.60 bits per heavy atom. The van der Waals surface area contributed by atoms with E-state index >= 15 is 0 Å². The van der Waals surface area contributed by atoms with Crippen molar-refractivity contribution >= 4 is 11.5 Å². The summed E-state index contributed by atoms with van der Waals surface area (Å²) in [6.45, 7) is 1.73. The molecule has 0 radical (unpaired) electrons. The van der Waals surface area contributed by atoms with Gasteiger partial charge in [-0.15, -0.1) is 0 Å². The van der Waals surface area contributed by atoms with Crippen molar-refractivity contribution in [2.24, 2.45) is 0 Å². The zero-order valence-corrected chi connectivity index (χ0v) is 3.94. The van der Waals surface area contributed by atoms with Crippen molar-refractivity contribution in [2.45, 2.75) is 6.92 Å². The van der Waals surface area contributed by atoms with E-state index in [1.165, 1.54) is 0 Å². The second-order valence-corrected chi connectivity index (χ2v) is 2.07. The van der Waals surface area contributed by atoms with Gasteiger partial charge in [0.15, 0.2) is 0 Å².